The minimum Gasteiger partial charge on any atom is -0.165 e. The molecule has 3 nitrogen and oxygen atoms in total. The van der Waals surface area contributed by atoms with Crippen molar-refractivity contribution in [1.82, 2.24) is 10.5 Å². The Morgan fingerprint density at radius 1 is 1.75 bits per heavy atom. The standard InChI is InChI=1S/C5H12N3/c1-5-4-7(2)6-8(5)3/h4-6H,1-3H3/q+1. The third-order valence-corrected chi connectivity index (χ3v) is 1.37. The van der Waals surface area contributed by atoms with Crippen LogP contribution in [0.4, 0.5) is 0 Å². The predicted octanol–water partition coefficient (Wildman–Crippen LogP) is -0.547. The summed E-state index contributed by atoms with van der Waals surface area (Å²) in [6.45, 7) is 2.14. The Labute approximate surface area is 49.5 Å². The Morgan fingerprint density at radius 2 is 2.38 bits per heavy atom. The van der Waals surface area contributed by atoms with E-state index >= 15 is 0 Å². The number of hydrogen-bond acceptors (Lipinski definition) is 2. The summed E-state index contributed by atoms with van der Waals surface area (Å²) >= 11 is 0. The van der Waals surface area contributed by atoms with Crippen molar-refractivity contribution in [2.24, 2.45) is 0 Å². The largest absolute Gasteiger partial charge is 0.190 e. The van der Waals surface area contributed by atoms with Crippen LogP contribution in [-0.2, 0) is 0 Å². The molecule has 1 atom stereocenters. The summed E-state index contributed by atoms with van der Waals surface area (Å²) in [5.41, 5.74) is 3.08. The molecule has 0 aromatic rings. The molecule has 0 radical (unpaired) electrons. The molecular weight excluding hydrogens is 102 g/mol. The first-order valence-electron chi connectivity index (χ1n) is 2.77. The van der Waals surface area contributed by atoms with Gasteiger partial charge in [-0.15, -0.1) is 10.2 Å². The van der Waals surface area contributed by atoms with E-state index in [9.17, 15) is 0 Å². The minimum absolute atomic E-state index is 0.514. The van der Waals surface area contributed by atoms with Crippen LogP contribution in [-0.4, -0.2) is 36.0 Å². The van der Waals surface area contributed by atoms with Crippen molar-refractivity contribution in [1.29, 1.82) is 0 Å². The summed E-state index contributed by atoms with van der Waals surface area (Å²) in [6.07, 6.45) is 2.11. The Hall–Kier alpha value is -0.570. The second kappa shape index (κ2) is 1.74. The molecule has 3 heteroatoms. The van der Waals surface area contributed by atoms with Crippen LogP contribution in [0.3, 0.4) is 0 Å². The number of rotatable bonds is 0. The van der Waals surface area contributed by atoms with Gasteiger partial charge in [-0.1, -0.05) is 0 Å². The van der Waals surface area contributed by atoms with Gasteiger partial charge in [-0.3, -0.25) is 0 Å². The quantitative estimate of drug-likeness (QED) is 0.426. The van der Waals surface area contributed by atoms with E-state index in [0.29, 0.717) is 6.04 Å². The van der Waals surface area contributed by atoms with Crippen molar-refractivity contribution < 1.29 is 4.68 Å². The van der Waals surface area contributed by atoms with Gasteiger partial charge in [0.1, 0.15) is 6.04 Å². The van der Waals surface area contributed by atoms with Gasteiger partial charge in [0.2, 0.25) is 0 Å². The molecule has 1 heterocycles. The predicted molar refractivity (Wildman–Crippen MR) is 32.6 cm³/mol. The molecule has 0 fully saturated rings. The lowest BCUT2D eigenvalue weighted by atomic mass is 10.4. The monoisotopic (exact) mass is 114 g/mol. The molecule has 0 spiro atoms. The highest BCUT2D eigenvalue weighted by molar-refractivity contribution is 5.58. The van der Waals surface area contributed by atoms with E-state index in [1.54, 1.807) is 0 Å². The highest BCUT2D eigenvalue weighted by Gasteiger charge is 2.19. The molecule has 1 unspecified atom stereocenters. The maximum atomic E-state index is 3.08. The van der Waals surface area contributed by atoms with Gasteiger partial charge in [0, 0.05) is 7.05 Å². The number of hydrazone groups is 1. The molecule has 1 aliphatic heterocycles. The molecule has 0 amide bonds. The third kappa shape index (κ3) is 0.816. The van der Waals surface area contributed by atoms with Gasteiger partial charge >= 0.3 is 0 Å². The average Bonchev–Trinajstić information content (AvgIpc) is 1.85. The van der Waals surface area contributed by atoms with E-state index in [-0.39, 0.29) is 0 Å². The molecule has 46 valence electrons. The molecule has 1 N–H and O–H groups in total. The fraction of sp³-hybridized carbons (Fsp3) is 0.800. The van der Waals surface area contributed by atoms with Crippen molar-refractivity contribution in [3.63, 3.8) is 0 Å². The van der Waals surface area contributed by atoms with Crippen molar-refractivity contribution in [3.05, 3.63) is 0 Å². The summed E-state index contributed by atoms with van der Waals surface area (Å²) in [4.78, 5) is 0. The SMILES string of the molecule is CC1C=[N+](C)NN1C. The first kappa shape index (κ1) is 5.56. The molecular formula is C5H12N3+. The van der Waals surface area contributed by atoms with E-state index in [2.05, 4.69) is 18.7 Å². The van der Waals surface area contributed by atoms with Crippen LogP contribution in [0.15, 0.2) is 0 Å². The zero-order chi connectivity index (χ0) is 6.15. The third-order valence-electron chi connectivity index (χ3n) is 1.37. The number of hydrogen-bond donors (Lipinski definition) is 1. The molecule has 0 aliphatic carbocycles. The number of nitrogens with zero attached hydrogens (tertiary/aromatic N) is 2. The fourth-order valence-electron chi connectivity index (χ4n) is 0.797. The molecule has 0 saturated carbocycles. The summed E-state index contributed by atoms with van der Waals surface area (Å²) < 4.78 is 1.95. The van der Waals surface area contributed by atoms with Gasteiger partial charge < -0.3 is 0 Å². The van der Waals surface area contributed by atoms with Gasteiger partial charge in [-0.05, 0) is 6.92 Å². The van der Waals surface area contributed by atoms with Crippen molar-refractivity contribution in [2.45, 2.75) is 13.0 Å². The molecule has 0 bridgehead atoms. The van der Waals surface area contributed by atoms with Crippen LogP contribution in [0.2, 0.25) is 0 Å². The van der Waals surface area contributed by atoms with E-state index in [1.165, 1.54) is 0 Å². The Balaban J connectivity index is 2.56. The number of hydrazine groups is 2. The second-order valence-corrected chi connectivity index (χ2v) is 2.21. The lowest BCUT2D eigenvalue weighted by Crippen LogP contribution is -2.36. The summed E-state index contributed by atoms with van der Waals surface area (Å²) in [7, 11) is 4.00. The van der Waals surface area contributed by atoms with E-state index in [4.69, 9.17) is 0 Å². The molecule has 1 rings (SSSR count). The van der Waals surface area contributed by atoms with Crippen LogP contribution >= 0.6 is 0 Å². The van der Waals surface area contributed by atoms with Gasteiger partial charge in [0.15, 0.2) is 13.3 Å². The molecule has 0 aromatic carbocycles. The molecule has 0 aromatic heterocycles. The smallest absolute Gasteiger partial charge is 0.165 e. The van der Waals surface area contributed by atoms with Crippen LogP contribution in [0, 0.1) is 0 Å². The van der Waals surface area contributed by atoms with Crippen molar-refractivity contribution in [2.75, 3.05) is 14.1 Å². The summed E-state index contributed by atoms with van der Waals surface area (Å²) in [6, 6.07) is 0.514. The van der Waals surface area contributed by atoms with Gasteiger partial charge in [0.05, 0.1) is 0 Å². The van der Waals surface area contributed by atoms with Crippen LogP contribution in [0.1, 0.15) is 6.92 Å². The van der Waals surface area contributed by atoms with E-state index in [1.807, 2.05) is 23.8 Å². The first-order chi connectivity index (χ1) is 3.70. The Kier molecular flexibility index (Phi) is 1.21. The second-order valence-electron chi connectivity index (χ2n) is 2.21. The lowest BCUT2D eigenvalue weighted by molar-refractivity contribution is -0.572. The molecule has 0 saturated heterocycles. The lowest BCUT2D eigenvalue weighted by Gasteiger charge is -2.07. The van der Waals surface area contributed by atoms with Crippen LogP contribution < -0.4 is 5.53 Å². The van der Waals surface area contributed by atoms with Crippen molar-refractivity contribution in [3.8, 4) is 0 Å². The van der Waals surface area contributed by atoms with Crippen LogP contribution in [0.5, 0.6) is 0 Å². The average molecular weight is 114 g/mol. The van der Waals surface area contributed by atoms with E-state index in [0.717, 1.165) is 0 Å². The van der Waals surface area contributed by atoms with Gasteiger partial charge in [-0.2, -0.15) is 5.01 Å². The Morgan fingerprint density at radius 3 is 2.50 bits per heavy atom. The normalized spacial score (nSPS) is 29.9. The van der Waals surface area contributed by atoms with Gasteiger partial charge in [-0.25, -0.2) is 0 Å². The molecule has 1 aliphatic rings. The van der Waals surface area contributed by atoms with E-state index < -0.39 is 0 Å². The highest BCUT2D eigenvalue weighted by Crippen LogP contribution is 1.91. The topological polar surface area (TPSA) is 18.3 Å². The zero-order valence-corrected chi connectivity index (χ0v) is 5.55. The fourth-order valence-corrected chi connectivity index (χ4v) is 0.797. The highest BCUT2D eigenvalue weighted by atomic mass is 15.7. The Bertz CT molecular complexity index is 119. The minimum atomic E-state index is 0.514. The summed E-state index contributed by atoms with van der Waals surface area (Å²) in [5.74, 6) is 0. The van der Waals surface area contributed by atoms with Gasteiger partial charge in [0.25, 0.3) is 0 Å². The number of nitrogens with one attached hydrogen (secondary N) is 1. The maximum Gasteiger partial charge on any atom is 0.190 e. The maximum absolute atomic E-state index is 3.08. The molecule has 8 heavy (non-hydrogen) atoms. The van der Waals surface area contributed by atoms with Crippen LogP contribution in [0.25, 0.3) is 0 Å². The zero-order valence-electron chi connectivity index (χ0n) is 5.55. The van der Waals surface area contributed by atoms with Crippen molar-refractivity contribution >= 4 is 6.21 Å². The first-order valence-corrected chi connectivity index (χ1v) is 2.77. The summed E-state index contributed by atoms with van der Waals surface area (Å²) in [5, 5.41) is 2.04.